The van der Waals surface area contributed by atoms with Gasteiger partial charge in [0.15, 0.2) is 0 Å². The monoisotopic (exact) mass is 204 g/mol. The molecule has 0 amide bonds. The molecule has 6 heteroatoms. The van der Waals surface area contributed by atoms with Crippen LogP contribution in [-0.4, -0.2) is 34.7 Å². The van der Waals surface area contributed by atoms with Crippen molar-refractivity contribution in [2.75, 3.05) is 6.61 Å². The standard InChI is InChI=1S/C4H6O4.C4H6O2/c5-3(6)1-2-4(7)8;5-4-2-1-3-6-4/h1-2H2,(H,5,6)(H,7,8);1-3H2. The van der Waals surface area contributed by atoms with Crippen LogP contribution < -0.4 is 0 Å². The Bertz CT molecular complexity index is 200. The van der Waals surface area contributed by atoms with Gasteiger partial charge in [-0.1, -0.05) is 0 Å². The van der Waals surface area contributed by atoms with E-state index in [4.69, 9.17) is 10.2 Å². The molecule has 0 aliphatic carbocycles. The number of carbonyl (C=O) groups is 3. The molecule has 0 aromatic heterocycles. The average molecular weight is 204 g/mol. The third-order valence-corrected chi connectivity index (χ3v) is 1.34. The highest BCUT2D eigenvalue weighted by Crippen LogP contribution is 2.01. The molecular weight excluding hydrogens is 192 g/mol. The van der Waals surface area contributed by atoms with Crippen LogP contribution in [0.5, 0.6) is 0 Å². The fourth-order valence-corrected chi connectivity index (χ4v) is 0.689. The van der Waals surface area contributed by atoms with Gasteiger partial charge in [0.1, 0.15) is 0 Å². The molecule has 14 heavy (non-hydrogen) atoms. The highest BCUT2D eigenvalue weighted by molar-refractivity contribution is 5.75. The van der Waals surface area contributed by atoms with Gasteiger partial charge >= 0.3 is 17.9 Å². The molecule has 0 radical (unpaired) electrons. The Labute approximate surface area is 80.5 Å². The molecule has 2 N–H and O–H groups in total. The van der Waals surface area contributed by atoms with E-state index in [1.807, 2.05) is 0 Å². The molecule has 6 nitrogen and oxygen atoms in total. The third kappa shape index (κ3) is 8.51. The molecule has 0 bridgehead atoms. The van der Waals surface area contributed by atoms with Crippen LogP contribution >= 0.6 is 0 Å². The number of hydrogen-bond acceptors (Lipinski definition) is 4. The molecule has 0 aromatic rings. The normalized spacial score (nSPS) is 13.9. The van der Waals surface area contributed by atoms with Crippen LogP contribution in [-0.2, 0) is 19.1 Å². The Kier molecular flexibility index (Phi) is 6.09. The summed E-state index contributed by atoms with van der Waals surface area (Å²) in [7, 11) is 0. The summed E-state index contributed by atoms with van der Waals surface area (Å²) in [5, 5.41) is 15.8. The predicted molar refractivity (Wildman–Crippen MR) is 44.7 cm³/mol. The van der Waals surface area contributed by atoms with Gasteiger partial charge in [-0.3, -0.25) is 14.4 Å². The summed E-state index contributed by atoms with van der Waals surface area (Å²) in [6.45, 7) is 0.638. The fraction of sp³-hybridized carbons (Fsp3) is 0.625. The molecule has 0 unspecified atom stereocenters. The van der Waals surface area contributed by atoms with Gasteiger partial charge < -0.3 is 14.9 Å². The fourth-order valence-electron chi connectivity index (χ4n) is 0.689. The molecule has 0 aromatic carbocycles. The molecule has 0 spiro atoms. The molecule has 1 fully saturated rings. The zero-order chi connectivity index (χ0) is 11.0. The first-order valence-electron chi connectivity index (χ1n) is 4.11. The summed E-state index contributed by atoms with van der Waals surface area (Å²) in [6.07, 6.45) is 0.948. The summed E-state index contributed by atoms with van der Waals surface area (Å²) in [4.78, 5) is 29.3. The Hall–Kier alpha value is -1.59. The van der Waals surface area contributed by atoms with Crippen LogP contribution in [0.3, 0.4) is 0 Å². The van der Waals surface area contributed by atoms with Crippen LogP contribution in [0.1, 0.15) is 25.7 Å². The van der Waals surface area contributed by atoms with Gasteiger partial charge in [-0.2, -0.15) is 0 Å². The Morgan fingerprint density at radius 1 is 1.21 bits per heavy atom. The number of hydrogen-bond donors (Lipinski definition) is 2. The van der Waals surface area contributed by atoms with Gasteiger partial charge in [0.2, 0.25) is 0 Å². The minimum absolute atomic E-state index is 0.0463. The predicted octanol–water partition coefficient (Wildman–Crippen LogP) is 0.259. The van der Waals surface area contributed by atoms with Crippen molar-refractivity contribution in [2.24, 2.45) is 0 Å². The van der Waals surface area contributed by atoms with E-state index < -0.39 is 11.9 Å². The molecule has 0 atom stereocenters. The van der Waals surface area contributed by atoms with E-state index in [0.717, 1.165) is 6.42 Å². The summed E-state index contributed by atoms with van der Waals surface area (Å²) >= 11 is 0. The Morgan fingerprint density at radius 3 is 1.86 bits per heavy atom. The molecule has 1 rings (SSSR count). The van der Waals surface area contributed by atoms with Crippen molar-refractivity contribution in [3.8, 4) is 0 Å². The van der Waals surface area contributed by atoms with Crippen LogP contribution in [0, 0.1) is 0 Å². The lowest BCUT2D eigenvalue weighted by molar-refractivity contribution is -0.143. The second-order valence-electron chi connectivity index (χ2n) is 2.61. The number of carboxylic acid groups (broad SMARTS) is 2. The first kappa shape index (κ1) is 12.4. The minimum Gasteiger partial charge on any atom is -0.481 e. The van der Waals surface area contributed by atoms with Gasteiger partial charge in [-0.15, -0.1) is 0 Å². The molecule has 1 heterocycles. The second kappa shape index (κ2) is 6.88. The van der Waals surface area contributed by atoms with E-state index in [9.17, 15) is 14.4 Å². The molecule has 0 saturated carbocycles. The minimum atomic E-state index is -1.08. The first-order chi connectivity index (χ1) is 6.52. The van der Waals surface area contributed by atoms with Crippen LogP contribution in [0.2, 0.25) is 0 Å². The van der Waals surface area contributed by atoms with E-state index in [0.29, 0.717) is 13.0 Å². The molecule has 80 valence electrons. The number of carboxylic acids is 2. The van der Waals surface area contributed by atoms with Gasteiger partial charge in [-0.05, 0) is 6.42 Å². The number of aliphatic carboxylic acids is 2. The van der Waals surface area contributed by atoms with E-state index in [-0.39, 0.29) is 18.8 Å². The van der Waals surface area contributed by atoms with Gasteiger partial charge in [0.05, 0.1) is 19.4 Å². The lowest BCUT2D eigenvalue weighted by atomic mass is 10.3. The average Bonchev–Trinajstić information content (AvgIpc) is 2.53. The Morgan fingerprint density at radius 2 is 1.71 bits per heavy atom. The SMILES string of the molecule is O=C(O)CCC(=O)O.O=C1CCCO1. The van der Waals surface area contributed by atoms with E-state index in [1.54, 1.807) is 0 Å². The number of carbonyl (C=O) groups excluding carboxylic acids is 1. The first-order valence-corrected chi connectivity index (χ1v) is 4.11. The van der Waals surface area contributed by atoms with Crippen LogP contribution in [0.4, 0.5) is 0 Å². The summed E-state index contributed by atoms with van der Waals surface area (Å²) in [6, 6.07) is 0. The highest BCUT2D eigenvalue weighted by atomic mass is 16.5. The third-order valence-electron chi connectivity index (χ3n) is 1.34. The van der Waals surface area contributed by atoms with E-state index in [1.165, 1.54) is 0 Å². The lowest BCUT2D eigenvalue weighted by Gasteiger charge is -1.85. The topological polar surface area (TPSA) is 101 Å². The van der Waals surface area contributed by atoms with Gasteiger partial charge in [0.25, 0.3) is 0 Å². The van der Waals surface area contributed by atoms with Crippen molar-refractivity contribution in [3.63, 3.8) is 0 Å². The van der Waals surface area contributed by atoms with Crippen molar-refractivity contribution >= 4 is 17.9 Å². The quantitative estimate of drug-likeness (QED) is 0.639. The maximum Gasteiger partial charge on any atom is 0.305 e. The smallest absolute Gasteiger partial charge is 0.305 e. The van der Waals surface area contributed by atoms with Crippen molar-refractivity contribution < 1.29 is 29.3 Å². The Balaban J connectivity index is 0.000000249. The molecule has 1 aliphatic rings. The highest BCUT2D eigenvalue weighted by Gasteiger charge is 2.08. The van der Waals surface area contributed by atoms with Gasteiger partial charge in [0, 0.05) is 6.42 Å². The van der Waals surface area contributed by atoms with Crippen LogP contribution in [0.15, 0.2) is 0 Å². The lowest BCUT2D eigenvalue weighted by Crippen LogP contribution is -2.00. The summed E-state index contributed by atoms with van der Waals surface area (Å²) < 4.78 is 4.51. The van der Waals surface area contributed by atoms with E-state index >= 15 is 0 Å². The van der Waals surface area contributed by atoms with Crippen molar-refractivity contribution in [1.82, 2.24) is 0 Å². The number of cyclic esters (lactones) is 1. The maximum atomic E-state index is 10.0. The zero-order valence-electron chi connectivity index (χ0n) is 7.56. The maximum absolute atomic E-state index is 10.0. The van der Waals surface area contributed by atoms with Crippen LogP contribution in [0.25, 0.3) is 0 Å². The zero-order valence-corrected chi connectivity index (χ0v) is 7.56. The van der Waals surface area contributed by atoms with E-state index in [2.05, 4.69) is 4.74 Å². The second-order valence-corrected chi connectivity index (χ2v) is 2.61. The molecule has 1 saturated heterocycles. The number of esters is 1. The largest absolute Gasteiger partial charge is 0.481 e. The number of rotatable bonds is 3. The molecular formula is C8H12O6. The summed E-state index contributed by atoms with van der Waals surface area (Å²) in [5.41, 5.74) is 0. The number of ether oxygens (including phenoxy) is 1. The molecule has 1 aliphatic heterocycles. The van der Waals surface area contributed by atoms with Crippen molar-refractivity contribution in [2.45, 2.75) is 25.7 Å². The van der Waals surface area contributed by atoms with Crippen molar-refractivity contribution in [1.29, 1.82) is 0 Å². The van der Waals surface area contributed by atoms with Crippen molar-refractivity contribution in [3.05, 3.63) is 0 Å². The van der Waals surface area contributed by atoms with Gasteiger partial charge in [-0.25, -0.2) is 0 Å². The summed E-state index contributed by atoms with van der Waals surface area (Å²) in [5.74, 6) is -2.20.